The van der Waals surface area contributed by atoms with E-state index < -0.39 is 11.9 Å². The molecular weight excluding hydrogens is 240 g/mol. The first-order valence-electron chi connectivity index (χ1n) is 5.60. The number of hydrogen-bond donors (Lipinski definition) is 2. The van der Waals surface area contributed by atoms with Gasteiger partial charge in [0.05, 0.1) is 6.10 Å². The second kappa shape index (κ2) is 5.38. The molecule has 1 aromatic rings. The van der Waals surface area contributed by atoms with Crippen LogP contribution in [0.15, 0.2) is 24.3 Å². The summed E-state index contributed by atoms with van der Waals surface area (Å²) in [6, 6.07) is 6.69. The molecule has 1 heterocycles. The number of benzene rings is 1. The van der Waals surface area contributed by atoms with Crippen molar-refractivity contribution in [2.45, 2.75) is 25.0 Å². The molecule has 17 heavy (non-hydrogen) atoms. The van der Waals surface area contributed by atoms with Crippen LogP contribution in [0.4, 0.5) is 5.69 Å². The van der Waals surface area contributed by atoms with E-state index in [-0.39, 0.29) is 6.10 Å². The number of anilines is 1. The van der Waals surface area contributed by atoms with Crippen LogP contribution in [0.25, 0.3) is 0 Å². The number of hydrogen-bond acceptors (Lipinski definition) is 3. The van der Waals surface area contributed by atoms with Crippen molar-refractivity contribution in [1.29, 1.82) is 0 Å². The molecule has 2 rings (SSSR count). The highest BCUT2D eigenvalue weighted by Gasteiger charge is 2.30. The zero-order chi connectivity index (χ0) is 12.3. The maximum Gasteiger partial charge on any atom is 0.242 e. The lowest BCUT2D eigenvalue weighted by atomic mass is 10.1. The van der Waals surface area contributed by atoms with E-state index in [9.17, 15) is 4.79 Å². The van der Waals surface area contributed by atoms with E-state index in [1.807, 2.05) is 12.1 Å². The van der Waals surface area contributed by atoms with Gasteiger partial charge in [0.1, 0.15) is 6.04 Å². The lowest BCUT2D eigenvalue weighted by Gasteiger charge is -2.22. The summed E-state index contributed by atoms with van der Waals surface area (Å²) in [7, 11) is 0. The number of carbonyl (C=O) groups excluding carboxylic acids is 1. The summed E-state index contributed by atoms with van der Waals surface area (Å²) < 4.78 is 5.48. The monoisotopic (exact) mass is 254 g/mol. The van der Waals surface area contributed by atoms with Crippen LogP contribution in [0.1, 0.15) is 12.8 Å². The number of nitrogens with one attached hydrogen (secondary N) is 1. The summed E-state index contributed by atoms with van der Waals surface area (Å²) >= 11 is 5.88. The molecule has 0 spiro atoms. The van der Waals surface area contributed by atoms with Crippen molar-refractivity contribution in [3.63, 3.8) is 0 Å². The van der Waals surface area contributed by atoms with Crippen molar-refractivity contribution in [1.82, 2.24) is 0 Å². The van der Waals surface area contributed by atoms with E-state index in [1.165, 1.54) is 0 Å². The predicted octanol–water partition coefficient (Wildman–Crippen LogP) is 1.78. The molecule has 0 saturated carbocycles. The Morgan fingerprint density at radius 3 is 3.00 bits per heavy atom. The first-order chi connectivity index (χ1) is 8.16. The van der Waals surface area contributed by atoms with Crippen LogP contribution in [0.2, 0.25) is 5.02 Å². The first-order valence-corrected chi connectivity index (χ1v) is 5.97. The minimum Gasteiger partial charge on any atom is -0.376 e. The van der Waals surface area contributed by atoms with E-state index in [0.29, 0.717) is 11.6 Å². The molecule has 1 amide bonds. The molecule has 92 valence electrons. The lowest BCUT2D eigenvalue weighted by Crippen LogP contribution is -2.44. The maximum atomic E-state index is 11.4. The van der Waals surface area contributed by atoms with E-state index in [0.717, 1.165) is 18.5 Å². The highest BCUT2D eigenvalue weighted by Crippen LogP contribution is 2.21. The largest absolute Gasteiger partial charge is 0.376 e. The Hall–Kier alpha value is -1.26. The average molecular weight is 255 g/mol. The van der Waals surface area contributed by atoms with Gasteiger partial charge in [-0.1, -0.05) is 17.7 Å². The molecule has 0 radical (unpaired) electrons. The Balaban J connectivity index is 2.09. The lowest BCUT2D eigenvalue weighted by molar-refractivity contribution is -0.121. The molecule has 0 bridgehead atoms. The molecule has 3 N–H and O–H groups in total. The molecule has 0 aromatic heterocycles. The number of ether oxygens (including phenoxy) is 1. The minimum atomic E-state index is -0.504. The Bertz CT molecular complexity index is 405. The van der Waals surface area contributed by atoms with Gasteiger partial charge in [-0.3, -0.25) is 4.79 Å². The SMILES string of the molecule is NC(=O)C(Nc1cccc(Cl)c1)C1CCCO1. The number of primary amides is 1. The highest BCUT2D eigenvalue weighted by molar-refractivity contribution is 6.30. The predicted molar refractivity (Wildman–Crippen MR) is 67.0 cm³/mol. The topological polar surface area (TPSA) is 64.4 Å². The Labute approximate surface area is 105 Å². The standard InChI is InChI=1S/C12H15ClN2O2/c13-8-3-1-4-9(7-8)15-11(12(14)16)10-5-2-6-17-10/h1,3-4,7,10-11,15H,2,5-6H2,(H2,14,16). The Morgan fingerprint density at radius 2 is 2.41 bits per heavy atom. The number of rotatable bonds is 4. The molecule has 0 aliphatic carbocycles. The molecule has 1 saturated heterocycles. The number of halogens is 1. The minimum absolute atomic E-state index is 0.147. The summed E-state index contributed by atoms with van der Waals surface area (Å²) in [6.45, 7) is 0.686. The van der Waals surface area contributed by atoms with Crippen LogP contribution >= 0.6 is 11.6 Å². The molecule has 2 atom stereocenters. The molecule has 4 nitrogen and oxygen atoms in total. The van der Waals surface area contributed by atoms with Gasteiger partial charge in [0, 0.05) is 17.3 Å². The molecule has 1 aliphatic rings. The number of nitrogens with two attached hydrogens (primary N) is 1. The fraction of sp³-hybridized carbons (Fsp3) is 0.417. The van der Waals surface area contributed by atoms with Crippen LogP contribution in [0.3, 0.4) is 0 Å². The van der Waals surface area contributed by atoms with Gasteiger partial charge in [-0.15, -0.1) is 0 Å². The second-order valence-electron chi connectivity index (χ2n) is 4.09. The average Bonchev–Trinajstić information content (AvgIpc) is 2.78. The van der Waals surface area contributed by atoms with Crippen LogP contribution in [-0.4, -0.2) is 24.7 Å². The summed E-state index contributed by atoms with van der Waals surface area (Å²) in [6.07, 6.45) is 1.67. The van der Waals surface area contributed by atoms with Gasteiger partial charge in [0.25, 0.3) is 0 Å². The fourth-order valence-corrected chi connectivity index (χ4v) is 2.16. The summed E-state index contributed by atoms with van der Waals surface area (Å²) in [5.41, 5.74) is 6.16. The zero-order valence-electron chi connectivity index (χ0n) is 9.36. The van der Waals surface area contributed by atoms with Crippen molar-refractivity contribution in [2.75, 3.05) is 11.9 Å². The summed E-state index contributed by atoms with van der Waals surface area (Å²) in [5.74, 6) is -0.406. The zero-order valence-corrected chi connectivity index (χ0v) is 10.1. The maximum absolute atomic E-state index is 11.4. The highest BCUT2D eigenvalue weighted by atomic mass is 35.5. The van der Waals surface area contributed by atoms with E-state index in [1.54, 1.807) is 12.1 Å². The van der Waals surface area contributed by atoms with Crippen molar-refractivity contribution in [2.24, 2.45) is 5.73 Å². The number of carbonyl (C=O) groups is 1. The van der Waals surface area contributed by atoms with Gasteiger partial charge >= 0.3 is 0 Å². The van der Waals surface area contributed by atoms with Crippen molar-refractivity contribution in [3.05, 3.63) is 29.3 Å². The third-order valence-corrected chi connectivity index (χ3v) is 3.03. The van der Waals surface area contributed by atoms with Crippen molar-refractivity contribution >= 4 is 23.2 Å². The molecule has 1 aromatic carbocycles. The van der Waals surface area contributed by atoms with Crippen LogP contribution in [0.5, 0.6) is 0 Å². The van der Waals surface area contributed by atoms with E-state index in [2.05, 4.69) is 5.32 Å². The van der Waals surface area contributed by atoms with Crippen LogP contribution < -0.4 is 11.1 Å². The Morgan fingerprint density at radius 1 is 1.59 bits per heavy atom. The molecule has 5 heteroatoms. The third-order valence-electron chi connectivity index (χ3n) is 2.79. The summed E-state index contributed by atoms with van der Waals surface area (Å²) in [5, 5.41) is 3.69. The summed E-state index contributed by atoms with van der Waals surface area (Å²) in [4.78, 5) is 11.4. The molecule has 1 fully saturated rings. The molecular formula is C12H15ClN2O2. The van der Waals surface area contributed by atoms with Gasteiger partial charge in [0.15, 0.2) is 0 Å². The Kier molecular flexibility index (Phi) is 3.86. The second-order valence-corrected chi connectivity index (χ2v) is 4.52. The van der Waals surface area contributed by atoms with E-state index in [4.69, 9.17) is 22.1 Å². The molecule has 2 unspecified atom stereocenters. The first kappa shape index (κ1) is 12.2. The van der Waals surface area contributed by atoms with Crippen LogP contribution in [0, 0.1) is 0 Å². The van der Waals surface area contributed by atoms with Gasteiger partial charge in [-0.25, -0.2) is 0 Å². The van der Waals surface area contributed by atoms with Crippen molar-refractivity contribution in [3.8, 4) is 0 Å². The molecule has 1 aliphatic heterocycles. The third kappa shape index (κ3) is 3.11. The number of amides is 1. The van der Waals surface area contributed by atoms with E-state index >= 15 is 0 Å². The van der Waals surface area contributed by atoms with Gasteiger partial charge in [-0.05, 0) is 31.0 Å². The fourth-order valence-electron chi connectivity index (χ4n) is 1.97. The van der Waals surface area contributed by atoms with Gasteiger partial charge in [0.2, 0.25) is 5.91 Å². The van der Waals surface area contributed by atoms with Crippen LogP contribution in [-0.2, 0) is 9.53 Å². The van der Waals surface area contributed by atoms with Crippen molar-refractivity contribution < 1.29 is 9.53 Å². The van der Waals surface area contributed by atoms with Gasteiger partial charge < -0.3 is 15.8 Å². The quantitative estimate of drug-likeness (QED) is 0.861. The normalized spacial score (nSPS) is 21.1. The smallest absolute Gasteiger partial charge is 0.242 e. The van der Waals surface area contributed by atoms with Gasteiger partial charge in [-0.2, -0.15) is 0 Å².